The maximum absolute atomic E-state index is 4.65. The van der Waals surface area contributed by atoms with Crippen molar-refractivity contribution in [1.29, 1.82) is 0 Å². The Bertz CT molecular complexity index is 155. The normalized spacial score (nSPS) is 48.2. The SMILES string of the molecule is CC1CC[C@H](S)CC(C)C(C)C1C. The van der Waals surface area contributed by atoms with Gasteiger partial charge in [0.2, 0.25) is 0 Å². The average molecular weight is 200 g/mol. The molecular formula is C12H24S. The van der Waals surface area contributed by atoms with Crippen LogP contribution in [0.25, 0.3) is 0 Å². The van der Waals surface area contributed by atoms with Gasteiger partial charge in [-0.05, 0) is 42.9 Å². The number of hydrogen-bond donors (Lipinski definition) is 1. The highest BCUT2D eigenvalue weighted by molar-refractivity contribution is 7.80. The van der Waals surface area contributed by atoms with E-state index in [4.69, 9.17) is 0 Å². The lowest BCUT2D eigenvalue weighted by atomic mass is 9.73. The van der Waals surface area contributed by atoms with E-state index in [0.29, 0.717) is 5.25 Å². The van der Waals surface area contributed by atoms with Gasteiger partial charge >= 0.3 is 0 Å². The summed E-state index contributed by atoms with van der Waals surface area (Å²) in [5.74, 6) is 3.48. The van der Waals surface area contributed by atoms with E-state index < -0.39 is 0 Å². The maximum Gasteiger partial charge on any atom is 0.00195 e. The lowest BCUT2D eigenvalue weighted by Gasteiger charge is -2.35. The van der Waals surface area contributed by atoms with E-state index in [0.717, 1.165) is 23.7 Å². The molecule has 1 aliphatic carbocycles. The minimum atomic E-state index is 0.646. The van der Waals surface area contributed by atoms with Crippen molar-refractivity contribution >= 4 is 12.6 Å². The molecule has 0 aliphatic heterocycles. The van der Waals surface area contributed by atoms with Crippen molar-refractivity contribution < 1.29 is 0 Å². The standard InChI is InChI=1S/C12H24S/c1-8-5-6-12(13)7-9(2)11(4)10(8)3/h8-13H,5-7H2,1-4H3/t8?,9?,10?,11?,12-/m0/s1. The Morgan fingerprint density at radius 1 is 0.846 bits per heavy atom. The Kier molecular flexibility index (Phi) is 4.15. The first-order valence-electron chi connectivity index (χ1n) is 5.70. The van der Waals surface area contributed by atoms with Crippen LogP contribution in [-0.4, -0.2) is 5.25 Å². The smallest absolute Gasteiger partial charge is 0.00195 e. The molecule has 0 heterocycles. The maximum atomic E-state index is 4.65. The van der Waals surface area contributed by atoms with Gasteiger partial charge < -0.3 is 0 Å². The summed E-state index contributed by atoms with van der Waals surface area (Å²) in [5, 5.41) is 0.646. The first-order valence-corrected chi connectivity index (χ1v) is 6.22. The monoisotopic (exact) mass is 200 g/mol. The van der Waals surface area contributed by atoms with Crippen LogP contribution in [0.5, 0.6) is 0 Å². The third kappa shape index (κ3) is 2.90. The van der Waals surface area contributed by atoms with E-state index in [1.54, 1.807) is 0 Å². The molecule has 0 amide bonds. The van der Waals surface area contributed by atoms with Gasteiger partial charge in [0, 0.05) is 5.25 Å². The summed E-state index contributed by atoms with van der Waals surface area (Å²) < 4.78 is 0. The van der Waals surface area contributed by atoms with Crippen LogP contribution in [0.15, 0.2) is 0 Å². The van der Waals surface area contributed by atoms with Crippen molar-refractivity contribution in [3.63, 3.8) is 0 Å². The van der Waals surface area contributed by atoms with Gasteiger partial charge in [-0.15, -0.1) is 0 Å². The van der Waals surface area contributed by atoms with Gasteiger partial charge in [0.05, 0.1) is 0 Å². The molecule has 0 spiro atoms. The summed E-state index contributed by atoms with van der Waals surface area (Å²) in [6, 6.07) is 0. The van der Waals surface area contributed by atoms with Crippen LogP contribution in [-0.2, 0) is 0 Å². The second kappa shape index (κ2) is 4.72. The van der Waals surface area contributed by atoms with Crippen LogP contribution in [0, 0.1) is 23.7 Å². The molecule has 13 heavy (non-hydrogen) atoms. The van der Waals surface area contributed by atoms with Crippen LogP contribution in [0.2, 0.25) is 0 Å². The van der Waals surface area contributed by atoms with Gasteiger partial charge in [-0.2, -0.15) is 12.6 Å². The van der Waals surface area contributed by atoms with E-state index in [1.807, 2.05) is 0 Å². The highest BCUT2D eigenvalue weighted by Gasteiger charge is 2.27. The Labute approximate surface area is 88.9 Å². The topological polar surface area (TPSA) is 0 Å². The molecule has 0 nitrogen and oxygen atoms in total. The fourth-order valence-electron chi connectivity index (χ4n) is 2.52. The third-order valence-corrected chi connectivity index (χ3v) is 4.69. The second-order valence-corrected chi connectivity index (χ2v) is 5.87. The Morgan fingerprint density at radius 3 is 2.00 bits per heavy atom. The predicted octanol–water partition coefficient (Wildman–Crippen LogP) is 4.01. The molecule has 4 unspecified atom stereocenters. The molecule has 5 atom stereocenters. The van der Waals surface area contributed by atoms with Crippen molar-refractivity contribution in [2.75, 3.05) is 0 Å². The van der Waals surface area contributed by atoms with E-state index in [1.165, 1.54) is 19.3 Å². The largest absolute Gasteiger partial charge is 0.176 e. The van der Waals surface area contributed by atoms with Gasteiger partial charge in [0.15, 0.2) is 0 Å². The highest BCUT2D eigenvalue weighted by atomic mass is 32.1. The Morgan fingerprint density at radius 2 is 1.38 bits per heavy atom. The number of rotatable bonds is 0. The zero-order valence-corrected chi connectivity index (χ0v) is 10.3. The zero-order chi connectivity index (χ0) is 10.0. The highest BCUT2D eigenvalue weighted by Crippen LogP contribution is 2.36. The molecule has 1 aliphatic rings. The molecule has 0 aromatic rings. The average Bonchev–Trinajstić information content (AvgIpc) is 2.10. The molecule has 1 fully saturated rings. The summed E-state index contributed by atoms with van der Waals surface area (Å²) in [4.78, 5) is 0. The summed E-state index contributed by atoms with van der Waals surface area (Å²) in [6.45, 7) is 9.63. The first kappa shape index (κ1) is 11.4. The Balaban J connectivity index is 2.62. The van der Waals surface area contributed by atoms with Crippen LogP contribution < -0.4 is 0 Å². The van der Waals surface area contributed by atoms with Gasteiger partial charge in [0.1, 0.15) is 0 Å². The molecule has 1 saturated carbocycles. The second-order valence-electron chi connectivity index (χ2n) is 5.14. The Hall–Kier alpha value is 0.350. The molecule has 0 radical (unpaired) electrons. The molecule has 0 aromatic heterocycles. The molecular weight excluding hydrogens is 176 g/mol. The van der Waals surface area contributed by atoms with Crippen molar-refractivity contribution in [1.82, 2.24) is 0 Å². The van der Waals surface area contributed by atoms with Crippen LogP contribution in [0.4, 0.5) is 0 Å². The van der Waals surface area contributed by atoms with Crippen molar-refractivity contribution in [3.8, 4) is 0 Å². The molecule has 78 valence electrons. The number of thiol groups is 1. The van der Waals surface area contributed by atoms with Crippen molar-refractivity contribution in [2.24, 2.45) is 23.7 Å². The number of hydrogen-bond acceptors (Lipinski definition) is 1. The van der Waals surface area contributed by atoms with Crippen LogP contribution in [0.3, 0.4) is 0 Å². The van der Waals surface area contributed by atoms with E-state index in [2.05, 4.69) is 40.3 Å². The zero-order valence-electron chi connectivity index (χ0n) is 9.46. The molecule has 1 heteroatoms. The molecule has 0 N–H and O–H groups in total. The molecule has 0 bridgehead atoms. The minimum absolute atomic E-state index is 0.646. The summed E-state index contributed by atoms with van der Waals surface area (Å²) >= 11 is 4.65. The summed E-state index contributed by atoms with van der Waals surface area (Å²) in [7, 11) is 0. The summed E-state index contributed by atoms with van der Waals surface area (Å²) in [5.41, 5.74) is 0. The van der Waals surface area contributed by atoms with Crippen LogP contribution >= 0.6 is 12.6 Å². The van der Waals surface area contributed by atoms with E-state index in [9.17, 15) is 0 Å². The first-order chi connectivity index (χ1) is 6.02. The van der Waals surface area contributed by atoms with Gasteiger partial charge in [-0.1, -0.05) is 27.7 Å². The molecule has 1 rings (SSSR count). The lowest BCUT2D eigenvalue weighted by Crippen LogP contribution is -2.27. The fraction of sp³-hybridized carbons (Fsp3) is 1.00. The van der Waals surface area contributed by atoms with E-state index in [-0.39, 0.29) is 0 Å². The summed E-state index contributed by atoms with van der Waals surface area (Å²) in [6.07, 6.45) is 3.99. The third-order valence-electron chi connectivity index (χ3n) is 4.22. The molecule has 0 saturated heterocycles. The van der Waals surface area contributed by atoms with Gasteiger partial charge in [0.25, 0.3) is 0 Å². The minimum Gasteiger partial charge on any atom is -0.176 e. The predicted molar refractivity (Wildman–Crippen MR) is 63.3 cm³/mol. The van der Waals surface area contributed by atoms with Crippen LogP contribution in [0.1, 0.15) is 47.0 Å². The van der Waals surface area contributed by atoms with Gasteiger partial charge in [-0.25, -0.2) is 0 Å². The molecule has 0 aromatic carbocycles. The van der Waals surface area contributed by atoms with Gasteiger partial charge in [-0.3, -0.25) is 0 Å². The lowest BCUT2D eigenvalue weighted by molar-refractivity contribution is 0.175. The quantitative estimate of drug-likeness (QED) is 0.561. The fourth-order valence-corrected chi connectivity index (χ4v) is 3.00. The van der Waals surface area contributed by atoms with Crippen molar-refractivity contribution in [3.05, 3.63) is 0 Å². The van der Waals surface area contributed by atoms with E-state index >= 15 is 0 Å². The van der Waals surface area contributed by atoms with Crippen molar-refractivity contribution in [2.45, 2.75) is 52.2 Å².